The van der Waals surface area contributed by atoms with Crippen LogP contribution in [0.25, 0.3) is 0 Å². The molecule has 1 aliphatic heterocycles. The van der Waals surface area contributed by atoms with E-state index in [1.54, 1.807) is 13.2 Å². The molecule has 2 N–H and O–H groups in total. The zero-order valence-corrected chi connectivity index (χ0v) is 18.6. The lowest BCUT2D eigenvalue weighted by atomic mass is 9.93. The monoisotopic (exact) mass is 443 g/mol. The van der Waals surface area contributed by atoms with E-state index in [-0.39, 0.29) is 12.6 Å². The first-order valence-electron chi connectivity index (χ1n) is 10.9. The van der Waals surface area contributed by atoms with Gasteiger partial charge >= 0.3 is 12.0 Å². The molecule has 2 amide bonds. The second kappa shape index (κ2) is 10.2. The molecule has 1 aliphatic carbocycles. The van der Waals surface area contributed by atoms with Gasteiger partial charge in [-0.15, -0.1) is 11.3 Å². The average molecular weight is 444 g/mol. The van der Waals surface area contributed by atoms with Crippen LogP contribution >= 0.6 is 11.3 Å². The van der Waals surface area contributed by atoms with Crippen LogP contribution in [0.1, 0.15) is 55.7 Å². The highest BCUT2D eigenvalue weighted by molar-refractivity contribution is 7.10. The van der Waals surface area contributed by atoms with Gasteiger partial charge in [0.2, 0.25) is 0 Å². The number of ether oxygens (including phenoxy) is 1. The number of rotatable bonds is 8. The second-order valence-corrected chi connectivity index (χ2v) is 8.92. The fourth-order valence-electron chi connectivity index (χ4n) is 4.43. The Morgan fingerprint density at radius 2 is 2.06 bits per heavy atom. The first kappa shape index (κ1) is 21.6. The third kappa shape index (κ3) is 5.19. The van der Waals surface area contributed by atoms with Crippen molar-refractivity contribution >= 4 is 23.3 Å². The molecule has 166 valence electrons. The summed E-state index contributed by atoms with van der Waals surface area (Å²) in [5.74, 6) is 0.476. The van der Waals surface area contributed by atoms with E-state index >= 15 is 0 Å². The molecule has 3 heterocycles. The summed E-state index contributed by atoms with van der Waals surface area (Å²) in [4.78, 5) is 28.8. The van der Waals surface area contributed by atoms with Crippen molar-refractivity contribution in [2.24, 2.45) is 0 Å². The van der Waals surface area contributed by atoms with Gasteiger partial charge in [-0.05, 0) is 43.3 Å². The first-order valence-corrected chi connectivity index (χ1v) is 11.8. The Balaban J connectivity index is 1.68. The van der Waals surface area contributed by atoms with Gasteiger partial charge in [-0.2, -0.15) is 0 Å². The van der Waals surface area contributed by atoms with E-state index in [1.165, 1.54) is 30.6 Å². The minimum absolute atomic E-state index is 0.277. The highest BCUT2D eigenvalue weighted by Gasteiger charge is 2.36. The molecule has 31 heavy (non-hydrogen) atoms. The number of nitrogens with zero attached hydrogens (tertiary/aromatic N) is 1. The molecule has 2 aromatic heterocycles. The highest BCUT2D eigenvalue weighted by atomic mass is 32.1. The van der Waals surface area contributed by atoms with E-state index in [0.29, 0.717) is 30.4 Å². The lowest BCUT2D eigenvalue weighted by Crippen LogP contribution is -2.49. The zero-order chi connectivity index (χ0) is 21.6. The van der Waals surface area contributed by atoms with Crippen LogP contribution < -0.4 is 10.6 Å². The van der Waals surface area contributed by atoms with Gasteiger partial charge in [-0.3, -0.25) is 4.90 Å². The maximum Gasteiger partial charge on any atom is 0.338 e. The standard InChI is InChI=1S/C23H29N3O4S/c1-2-29-22(27)20-18(24-23(28)25-21(20)19-11-7-13-31-19)15-26(14-17-10-6-12-30-17)16-8-4-3-5-9-16/h6-7,10-13,16,21H,2-5,8-9,14-15H2,1H3,(H2,24,25,28). The van der Waals surface area contributed by atoms with Crippen molar-refractivity contribution < 1.29 is 18.7 Å². The number of amides is 2. The van der Waals surface area contributed by atoms with E-state index in [0.717, 1.165) is 23.5 Å². The van der Waals surface area contributed by atoms with Crippen molar-refractivity contribution in [1.82, 2.24) is 15.5 Å². The van der Waals surface area contributed by atoms with Crippen LogP contribution in [-0.4, -0.2) is 36.1 Å². The summed E-state index contributed by atoms with van der Waals surface area (Å²) < 4.78 is 11.0. The molecule has 1 fully saturated rings. The number of nitrogens with one attached hydrogen (secondary N) is 2. The van der Waals surface area contributed by atoms with Crippen molar-refractivity contribution in [2.75, 3.05) is 13.2 Å². The second-order valence-electron chi connectivity index (χ2n) is 7.94. The van der Waals surface area contributed by atoms with Crippen molar-refractivity contribution in [1.29, 1.82) is 0 Å². The Kier molecular flexibility index (Phi) is 7.09. The van der Waals surface area contributed by atoms with E-state index in [2.05, 4.69) is 15.5 Å². The number of carbonyl (C=O) groups excluding carboxylic acids is 2. The minimum Gasteiger partial charge on any atom is -0.468 e. The average Bonchev–Trinajstić information content (AvgIpc) is 3.48. The molecule has 0 bridgehead atoms. The quantitative estimate of drug-likeness (QED) is 0.593. The van der Waals surface area contributed by atoms with Crippen LogP contribution in [0.2, 0.25) is 0 Å². The van der Waals surface area contributed by atoms with Gasteiger partial charge in [-0.1, -0.05) is 25.3 Å². The minimum atomic E-state index is -0.514. The van der Waals surface area contributed by atoms with E-state index in [4.69, 9.17) is 9.15 Å². The number of hydrogen-bond donors (Lipinski definition) is 2. The van der Waals surface area contributed by atoms with Crippen molar-refractivity contribution in [3.8, 4) is 0 Å². The molecule has 1 unspecified atom stereocenters. The Morgan fingerprint density at radius 1 is 1.23 bits per heavy atom. The summed E-state index contributed by atoms with van der Waals surface area (Å²) in [5, 5.41) is 7.75. The molecule has 1 saturated carbocycles. The van der Waals surface area contributed by atoms with E-state index < -0.39 is 12.0 Å². The molecule has 7 nitrogen and oxygen atoms in total. The Hall–Kier alpha value is -2.58. The third-order valence-electron chi connectivity index (χ3n) is 5.87. The number of furan rings is 1. The SMILES string of the molecule is CCOC(=O)C1=C(CN(Cc2ccco2)C2CCCCC2)NC(=O)NC1c1cccs1. The number of urea groups is 1. The maximum absolute atomic E-state index is 13.0. The Labute approximate surface area is 186 Å². The molecule has 0 radical (unpaired) electrons. The summed E-state index contributed by atoms with van der Waals surface area (Å²) in [6, 6.07) is 7.26. The third-order valence-corrected chi connectivity index (χ3v) is 6.81. The lowest BCUT2D eigenvalue weighted by molar-refractivity contribution is -0.139. The first-order chi connectivity index (χ1) is 15.2. The molecule has 2 aliphatic rings. The van der Waals surface area contributed by atoms with Crippen LogP contribution in [-0.2, 0) is 16.1 Å². The number of hydrogen-bond acceptors (Lipinski definition) is 6. The molecular weight excluding hydrogens is 414 g/mol. The van der Waals surface area contributed by atoms with Gasteiger partial charge in [0.25, 0.3) is 0 Å². The largest absolute Gasteiger partial charge is 0.468 e. The Morgan fingerprint density at radius 3 is 2.74 bits per heavy atom. The summed E-state index contributed by atoms with van der Waals surface area (Å²) in [6.07, 6.45) is 7.51. The van der Waals surface area contributed by atoms with Gasteiger partial charge in [0.15, 0.2) is 0 Å². The molecule has 0 aromatic carbocycles. The van der Waals surface area contributed by atoms with Crippen LogP contribution in [0.15, 0.2) is 51.6 Å². The molecular formula is C23H29N3O4S. The van der Waals surface area contributed by atoms with Crippen LogP contribution in [0.4, 0.5) is 4.79 Å². The predicted molar refractivity (Wildman–Crippen MR) is 118 cm³/mol. The smallest absolute Gasteiger partial charge is 0.338 e. The summed E-state index contributed by atoms with van der Waals surface area (Å²) >= 11 is 1.51. The fourth-order valence-corrected chi connectivity index (χ4v) is 5.21. The van der Waals surface area contributed by atoms with Crippen LogP contribution in [0.3, 0.4) is 0 Å². The van der Waals surface area contributed by atoms with Gasteiger partial charge in [0, 0.05) is 23.2 Å². The predicted octanol–water partition coefficient (Wildman–Crippen LogP) is 4.35. The summed E-state index contributed by atoms with van der Waals surface area (Å²) in [6.45, 7) is 3.15. The maximum atomic E-state index is 13.0. The normalized spacial score (nSPS) is 19.9. The number of thiophene rings is 1. The molecule has 4 rings (SSSR count). The van der Waals surface area contributed by atoms with Gasteiger partial charge in [-0.25, -0.2) is 9.59 Å². The van der Waals surface area contributed by atoms with Gasteiger partial charge < -0.3 is 19.8 Å². The van der Waals surface area contributed by atoms with Gasteiger partial charge in [0.05, 0.1) is 31.0 Å². The van der Waals surface area contributed by atoms with E-state index in [9.17, 15) is 9.59 Å². The van der Waals surface area contributed by atoms with Crippen molar-refractivity contribution in [3.05, 3.63) is 57.8 Å². The van der Waals surface area contributed by atoms with E-state index in [1.807, 2.05) is 29.6 Å². The molecule has 2 aromatic rings. The van der Waals surface area contributed by atoms with Crippen LogP contribution in [0, 0.1) is 0 Å². The number of esters is 1. The lowest BCUT2D eigenvalue weighted by Gasteiger charge is -2.36. The summed E-state index contributed by atoms with van der Waals surface area (Å²) in [5.41, 5.74) is 1.09. The fraction of sp³-hybridized carbons (Fsp3) is 0.478. The topological polar surface area (TPSA) is 83.8 Å². The molecule has 1 atom stereocenters. The van der Waals surface area contributed by atoms with Crippen molar-refractivity contribution in [2.45, 2.75) is 57.7 Å². The molecule has 0 spiro atoms. The van der Waals surface area contributed by atoms with Gasteiger partial charge in [0.1, 0.15) is 5.76 Å². The summed E-state index contributed by atoms with van der Waals surface area (Å²) in [7, 11) is 0. The van der Waals surface area contributed by atoms with Crippen LogP contribution in [0.5, 0.6) is 0 Å². The van der Waals surface area contributed by atoms with Crippen molar-refractivity contribution in [3.63, 3.8) is 0 Å². The highest BCUT2D eigenvalue weighted by Crippen LogP contribution is 2.32. The zero-order valence-electron chi connectivity index (χ0n) is 17.8. The Bertz CT molecular complexity index is 901. The molecule has 8 heteroatoms. The molecule has 0 saturated heterocycles. The number of carbonyl (C=O) groups is 2.